The second-order valence-corrected chi connectivity index (χ2v) is 5.18. The summed E-state index contributed by atoms with van der Waals surface area (Å²) in [4.78, 5) is 11.0. The summed E-state index contributed by atoms with van der Waals surface area (Å²) in [6.07, 6.45) is 2.97. The molecule has 3 aromatic rings. The van der Waals surface area contributed by atoms with Crippen LogP contribution in [0.5, 0.6) is 0 Å². The standard InChI is InChI=1S/C17H17NO3/c1-3-12-5-4-6-13-7-8-18(15(12)13)10-14-9-11(2)16(21-14)17(19)20/h4-9H,3,10H2,1-2H3,(H,19,20). The van der Waals surface area contributed by atoms with Crippen molar-refractivity contribution in [1.82, 2.24) is 4.57 Å². The van der Waals surface area contributed by atoms with Crippen LogP contribution < -0.4 is 0 Å². The predicted molar refractivity (Wildman–Crippen MR) is 80.8 cm³/mol. The summed E-state index contributed by atoms with van der Waals surface area (Å²) in [5.41, 5.74) is 3.12. The van der Waals surface area contributed by atoms with E-state index in [0.29, 0.717) is 17.9 Å². The Balaban J connectivity index is 2.02. The third-order valence-corrected chi connectivity index (χ3v) is 3.74. The number of benzene rings is 1. The van der Waals surface area contributed by atoms with Crippen molar-refractivity contribution >= 4 is 16.9 Å². The zero-order chi connectivity index (χ0) is 15.0. The first-order valence-corrected chi connectivity index (χ1v) is 6.99. The van der Waals surface area contributed by atoms with Gasteiger partial charge in [0.05, 0.1) is 12.1 Å². The largest absolute Gasteiger partial charge is 0.475 e. The smallest absolute Gasteiger partial charge is 0.372 e. The predicted octanol–water partition coefficient (Wildman–Crippen LogP) is 3.85. The molecule has 4 heteroatoms. The van der Waals surface area contributed by atoms with Gasteiger partial charge in [0.15, 0.2) is 0 Å². The zero-order valence-electron chi connectivity index (χ0n) is 12.1. The van der Waals surface area contributed by atoms with E-state index in [2.05, 4.69) is 35.8 Å². The highest BCUT2D eigenvalue weighted by Gasteiger charge is 2.15. The van der Waals surface area contributed by atoms with E-state index < -0.39 is 5.97 Å². The van der Waals surface area contributed by atoms with E-state index in [1.54, 1.807) is 13.0 Å². The lowest BCUT2D eigenvalue weighted by Crippen LogP contribution is -1.99. The maximum absolute atomic E-state index is 11.0. The highest BCUT2D eigenvalue weighted by Crippen LogP contribution is 2.23. The molecule has 0 aliphatic rings. The molecule has 0 aliphatic carbocycles. The van der Waals surface area contributed by atoms with Crippen LogP contribution in [0.25, 0.3) is 10.9 Å². The molecule has 0 aliphatic heterocycles. The van der Waals surface area contributed by atoms with Gasteiger partial charge in [-0.1, -0.05) is 25.1 Å². The molecule has 0 saturated heterocycles. The van der Waals surface area contributed by atoms with Crippen LogP contribution in [0, 0.1) is 6.92 Å². The minimum absolute atomic E-state index is 0.0252. The average molecular weight is 283 g/mol. The number of hydrogen-bond donors (Lipinski definition) is 1. The summed E-state index contributed by atoms with van der Waals surface area (Å²) in [5, 5.41) is 10.2. The second-order valence-electron chi connectivity index (χ2n) is 5.18. The van der Waals surface area contributed by atoms with Crippen molar-refractivity contribution in [3.8, 4) is 0 Å². The van der Waals surface area contributed by atoms with Gasteiger partial charge in [-0.25, -0.2) is 4.79 Å². The summed E-state index contributed by atoms with van der Waals surface area (Å²) < 4.78 is 7.56. The SMILES string of the molecule is CCc1cccc2ccn(Cc3cc(C)c(C(=O)O)o3)c12. The van der Waals surface area contributed by atoms with Crippen molar-refractivity contribution < 1.29 is 14.3 Å². The first-order chi connectivity index (χ1) is 10.1. The van der Waals surface area contributed by atoms with Crippen molar-refractivity contribution in [1.29, 1.82) is 0 Å². The number of aromatic nitrogens is 1. The fourth-order valence-corrected chi connectivity index (χ4v) is 2.76. The third-order valence-electron chi connectivity index (χ3n) is 3.74. The molecule has 2 heterocycles. The molecule has 4 nitrogen and oxygen atoms in total. The van der Waals surface area contributed by atoms with Crippen molar-refractivity contribution in [2.75, 3.05) is 0 Å². The molecule has 0 amide bonds. The van der Waals surface area contributed by atoms with Crippen LogP contribution in [-0.4, -0.2) is 15.6 Å². The molecule has 108 valence electrons. The van der Waals surface area contributed by atoms with Gasteiger partial charge in [-0.3, -0.25) is 0 Å². The van der Waals surface area contributed by atoms with Crippen LogP contribution in [0.1, 0.15) is 34.4 Å². The summed E-state index contributed by atoms with van der Waals surface area (Å²) in [5.74, 6) is -0.337. The monoisotopic (exact) mass is 283 g/mol. The maximum Gasteiger partial charge on any atom is 0.372 e. The molecule has 0 spiro atoms. The van der Waals surface area contributed by atoms with Crippen LogP contribution in [-0.2, 0) is 13.0 Å². The number of para-hydroxylation sites is 1. The number of fused-ring (bicyclic) bond motifs is 1. The molecule has 1 N–H and O–H groups in total. The van der Waals surface area contributed by atoms with Gasteiger partial charge >= 0.3 is 5.97 Å². The number of hydrogen-bond acceptors (Lipinski definition) is 2. The second kappa shape index (κ2) is 5.13. The van der Waals surface area contributed by atoms with Gasteiger partial charge in [0, 0.05) is 11.8 Å². The summed E-state index contributed by atoms with van der Waals surface area (Å²) in [7, 11) is 0. The quantitative estimate of drug-likeness (QED) is 0.791. The highest BCUT2D eigenvalue weighted by molar-refractivity contribution is 5.86. The van der Waals surface area contributed by atoms with Gasteiger partial charge in [0.2, 0.25) is 5.76 Å². The number of furan rings is 1. The number of aryl methyl sites for hydroxylation is 2. The minimum atomic E-state index is -1.02. The maximum atomic E-state index is 11.0. The Bertz CT molecular complexity index is 811. The highest BCUT2D eigenvalue weighted by atomic mass is 16.4. The van der Waals surface area contributed by atoms with E-state index >= 15 is 0 Å². The van der Waals surface area contributed by atoms with Gasteiger partial charge < -0.3 is 14.1 Å². The summed E-state index contributed by atoms with van der Waals surface area (Å²) in [6.45, 7) is 4.42. The Labute approximate surface area is 122 Å². The normalized spacial score (nSPS) is 11.1. The van der Waals surface area contributed by atoms with Crippen LogP contribution in [0.4, 0.5) is 0 Å². The van der Waals surface area contributed by atoms with Gasteiger partial charge in [0.25, 0.3) is 0 Å². The van der Waals surface area contributed by atoms with Crippen molar-refractivity contribution in [3.63, 3.8) is 0 Å². The lowest BCUT2D eigenvalue weighted by molar-refractivity contribution is 0.0659. The molecule has 2 aromatic heterocycles. The number of rotatable bonds is 4. The number of carboxylic acids is 1. The topological polar surface area (TPSA) is 55.4 Å². The molecular weight excluding hydrogens is 266 g/mol. The molecule has 0 fully saturated rings. The first kappa shape index (κ1) is 13.5. The van der Waals surface area contributed by atoms with E-state index in [-0.39, 0.29) is 5.76 Å². The Kier molecular flexibility index (Phi) is 3.29. The van der Waals surface area contributed by atoms with Crippen LogP contribution in [0.3, 0.4) is 0 Å². The number of carbonyl (C=O) groups is 1. The molecule has 0 bridgehead atoms. The first-order valence-electron chi connectivity index (χ1n) is 6.99. The molecule has 0 radical (unpaired) electrons. The molecule has 1 aromatic carbocycles. The molecule has 3 rings (SSSR count). The van der Waals surface area contributed by atoms with Crippen molar-refractivity contribution in [2.24, 2.45) is 0 Å². The zero-order valence-corrected chi connectivity index (χ0v) is 12.1. The van der Waals surface area contributed by atoms with Gasteiger partial charge in [-0.15, -0.1) is 0 Å². The van der Waals surface area contributed by atoms with Gasteiger partial charge in [0.1, 0.15) is 5.76 Å². The minimum Gasteiger partial charge on any atom is -0.475 e. The molecular formula is C17H17NO3. The Hall–Kier alpha value is -2.49. The lowest BCUT2D eigenvalue weighted by atomic mass is 10.1. The van der Waals surface area contributed by atoms with Gasteiger partial charge in [-0.05, 0) is 36.4 Å². The molecule has 0 atom stereocenters. The van der Waals surface area contributed by atoms with Crippen LogP contribution >= 0.6 is 0 Å². The van der Waals surface area contributed by atoms with E-state index in [1.165, 1.54) is 16.5 Å². The van der Waals surface area contributed by atoms with E-state index in [4.69, 9.17) is 9.52 Å². The molecule has 0 saturated carbocycles. The summed E-state index contributed by atoms with van der Waals surface area (Å²) >= 11 is 0. The van der Waals surface area contributed by atoms with Crippen molar-refractivity contribution in [2.45, 2.75) is 26.8 Å². The van der Waals surface area contributed by atoms with E-state index in [9.17, 15) is 4.79 Å². The Morgan fingerprint density at radius 3 is 2.81 bits per heavy atom. The van der Waals surface area contributed by atoms with Crippen LogP contribution in [0.15, 0.2) is 40.9 Å². The Morgan fingerprint density at radius 2 is 2.14 bits per heavy atom. The van der Waals surface area contributed by atoms with Crippen molar-refractivity contribution in [3.05, 3.63) is 59.2 Å². The average Bonchev–Trinajstić information content (AvgIpc) is 3.03. The lowest BCUT2D eigenvalue weighted by Gasteiger charge is -2.07. The number of carboxylic acid groups (broad SMARTS) is 1. The van der Waals surface area contributed by atoms with Gasteiger partial charge in [-0.2, -0.15) is 0 Å². The van der Waals surface area contributed by atoms with Crippen LogP contribution in [0.2, 0.25) is 0 Å². The fraction of sp³-hybridized carbons (Fsp3) is 0.235. The van der Waals surface area contributed by atoms with E-state index in [1.807, 2.05) is 6.20 Å². The summed E-state index contributed by atoms with van der Waals surface area (Å²) in [6, 6.07) is 10.1. The number of nitrogens with zero attached hydrogens (tertiary/aromatic N) is 1. The van der Waals surface area contributed by atoms with E-state index in [0.717, 1.165) is 6.42 Å². The molecule has 21 heavy (non-hydrogen) atoms. The third kappa shape index (κ3) is 2.33. The molecule has 0 unspecified atom stereocenters. The fourth-order valence-electron chi connectivity index (χ4n) is 2.76. The number of aromatic carboxylic acids is 1. The Morgan fingerprint density at radius 1 is 1.33 bits per heavy atom.